The van der Waals surface area contributed by atoms with Gasteiger partial charge in [-0.2, -0.15) is 0 Å². The molecule has 1 aromatic carbocycles. The summed E-state index contributed by atoms with van der Waals surface area (Å²) in [6.45, 7) is 7.25. The highest BCUT2D eigenvalue weighted by Crippen LogP contribution is 2.30. The van der Waals surface area contributed by atoms with Gasteiger partial charge in [0.2, 0.25) is 5.91 Å². The maximum absolute atomic E-state index is 14.9. The average molecular weight is 508 g/mol. The molecule has 10 heteroatoms. The molecule has 0 spiro atoms. The molecule has 4 N–H and O–H groups in total. The van der Waals surface area contributed by atoms with E-state index in [2.05, 4.69) is 5.32 Å². The summed E-state index contributed by atoms with van der Waals surface area (Å²) in [5.41, 5.74) is 5.72. The Labute approximate surface area is 210 Å². The lowest BCUT2D eigenvalue weighted by molar-refractivity contribution is -0.495. The van der Waals surface area contributed by atoms with E-state index in [0.717, 1.165) is 18.2 Å². The minimum atomic E-state index is -0.911. The first-order chi connectivity index (χ1) is 16.5. The minimum Gasteiger partial charge on any atom is -0.481 e. The molecule has 3 rings (SSSR count). The number of rotatable bonds is 8. The van der Waals surface area contributed by atoms with E-state index in [1.54, 1.807) is 36.6 Å². The molecule has 0 bridgehead atoms. The summed E-state index contributed by atoms with van der Waals surface area (Å²) in [6, 6.07) is 3.86. The number of carboxylic acid groups (broad SMARTS) is 1. The summed E-state index contributed by atoms with van der Waals surface area (Å²) in [5, 5.41) is 11.9. The van der Waals surface area contributed by atoms with Gasteiger partial charge in [-0.25, -0.2) is 4.39 Å². The van der Waals surface area contributed by atoms with Crippen LogP contribution in [0.5, 0.6) is 0 Å². The van der Waals surface area contributed by atoms with Crippen LogP contribution in [0, 0.1) is 17.2 Å². The van der Waals surface area contributed by atoms with Gasteiger partial charge < -0.3 is 15.3 Å². The zero-order valence-corrected chi connectivity index (χ0v) is 21.5. The zero-order valence-electron chi connectivity index (χ0n) is 20.7. The molecule has 0 aliphatic carbocycles. The second-order valence-electron chi connectivity index (χ2n) is 9.87. The van der Waals surface area contributed by atoms with Crippen molar-refractivity contribution in [1.29, 1.82) is 0 Å². The number of hydrogen-bond acceptors (Lipinski definition) is 4. The van der Waals surface area contributed by atoms with Crippen LogP contribution in [-0.4, -0.2) is 75.5 Å². The summed E-state index contributed by atoms with van der Waals surface area (Å²) in [5.74, 6) is 0.144. The van der Waals surface area contributed by atoms with Gasteiger partial charge in [0.1, 0.15) is 11.7 Å². The van der Waals surface area contributed by atoms with Crippen LogP contribution in [0.3, 0.4) is 0 Å². The summed E-state index contributed by atoms with van der Waals surface area (Å²) >= 11 is 1.76. The Hall–Kier alpha value is -2.62. The highest BCUT2D eigenvalue weighted by Gasteiger charge is 2.41. The number of nitrogens with zero attached hydrogens (tertiary/aromatic N) is 2. The van der Waals surface area contributed by atoms with Gasteiger partial charge in [0, 0.05) is 31.3 Å². The van der Waals surface area contributed by atoms with Crippen molar-refractivity contribution in [2.24, 2.45) is 17.1 Å². The Morgan fingerprint density at radius 3 is 2.54 bits per heavy atom. The Morgan fingerprint density at radius 2 is 2.00 bits per heavy atom. The molecule has 2 fully saturated rings. The van der Waals surface area contributed by atoms with Gasteiger partial charge in [-0.1, -0.05) is 6.92 Å². The number of thioether (sulfide) groups is 1. The normalized spacial score (nSPS) is 19.4. The summed E-state index contributed by atoms with van der Waals surface area (Å²) in [6.07, 6.45) is 1.90. The third kappa shape index (κ3) is 6.34. The maximum Gasteiger partial charge on any atom is 0.303 e. The van der Waals surface area contributed by atoms with Crippen LogP contribution in [0.4, 0.5) is 4.39 Å². The third-order valence-corrected chi connectivity index (χ3v) is 8.07. The monoisotopic (exact) mass is 507 g/mol. The fourth-order valence-corrected chi connectivity index (χ4v) is 5.78. The Bertz CT molecular complexity index is 997. The van der Waals surface area contributed by atoms with Crippen molar-refractivity contribution in [1.82, 2.24) is 10.2 Å². The number of hydrogen-bond donors (Lipinski definition) is 3. The highest BCUT2D eigenvalue weighted by molar-refractivity contribution is 7.99. The van der Waals surface area contributed by atoms with Crippen LogP contribution >= 0.6 is 11.8 Å². The van der Waals surface area contributed by atoms with Crippen molar-refractivity contribution < 1.29 is 28.5 Å². The average Bonchev–Trinajstić information content (AvgIpc) is 3.36. The van der Waals surface area contributed by atoms with Crippen molar-refractivity contribution >= 4 is 35.4 Å². The highest BCUT2D eigenvalue weighted by atomic mass is 32.2. The number of carboxylic acids is 1. The van der Waals surface area contributed by atoms with E-state index in [1.165, 1.54) is 12.1 Å². The molecule has 0 aromatic heterocycles. The molecule has 1 atom stereocenters. The predicted octanol–water partition coefficient (Wildman–Crippen LogP) is 2.50. The van der Waals surface area contributed by atoms with E-state index in [4.69, 9.17) is 10.8 Å². The summed E-state index contributed by atoms with van der Waals surface area (Å²) < 4.78 is 16.9. The Kier molecular flexibility index (Phi) is 8.79. The molecule has 1 aromatic rings. The van der Waals surface area contributed by atoms with Crippen LogP contribution in [0.25, 0.3) is 0 Å². The second-order valence-corrected chi connectivity index (χ2v) is 10.9. The van der Waals surface area contributed by atoms with Gasteiger partial charge in [0.15, 0.2) is 0 Å². The van der Waals surface area contributed by atoms with Crippen molar-refractivity contribution in [2.75, 3.05) is 31.3 Å². The lowest BCUT2D eigenvalue weighted by atomic mass is 9.80. The molecule has 0 radical (unpaired) electrons. The smallest absolute Gasteiger partial charge is 0.303 e. The first-order valence-electron chi connectivity index (χ1n) is 12.1. The lowest BCUT2D eigenvalue weighted by Gasteiger charge is -2.40. The molecule has 0 unspecified atom stereocenters. The van der Waals surface area contributed by atoms with E-state index < -0.39 is 29.2 Å². The molecular weight excluding hydrogens is 471 g/mol. The minimum absolute atomic E-state index is 0.0720. The molecule has 2 heterocycles. The topological polar surface area (TPSA) is 116 Å². The fourth-order valence-electron chi connectivity index (χ4n) is 4.82. The van der Waals surface area contributed by atoms with Gasteiger partial charge >= 0.3 is 5.97 Å². The van der Waals surface area contributed by atoms with E-state index in [9.17, 15) is 18.8 Å². The third-order valence-electron chi connectivity index (χ3n) is 7.10. The molecule has 2 amide bonds. The SMILES string of the molecule is CC[C@@H](NC(=O)c1ccc(/C(N)=[N+]2/CCSC2)cc1F)C(C)(C)C(=O)N1CCC(CC(=O)O)CC1. The maximum atomic E-state index is 14.9. The number of amides is 2. The molecule has 2 saturated heterocycles. The van der Waals surface area contributed by atoms with Gasteiger partial charge in [0.05, 0.1) is 23.1 Å². The number of benzene rings is 1. The number of aliphatic carboxylic acids is 1. The standard InChI is InChI=1S/C25H35FN4O4S/c1-4-20(25(2,3)24(34)29-9-7-16(8-10-29)13-21(31)32)28-23(33)18-6-5-17(14-19(18)26)22(27)30-11-12-35-15-30/h5-6,14,16,20,27H,4,7-13,15H2,1-3H3,(H2,28,31,32,33)/p+1/t20-/m1/s1. The zero-order chi connectivity index (χ0) is 25.8. The van der Waals surface area contributed by atoms with Crippen LogP contribution in [0.2, 0.25) is 0 Å². The number of carbonyl (C=O) groups is 3. The first kappa shape index (κ1) is 27.0. The second kappa shape index (κ2) is 11.4. The number of piperidine rings is 1. The van der Waals surface area contributed by atoms with E-state index in [-0.39, 0.29) is 23.8 Å². The molecular formula is C25H36FN4O4S+. The van der Waals surface area contributed by atoms with E-state index >= 15 is 0 Å². The number of likely N-dealkylation sites (tertiary alicyclic amines) is 1. The number of halogens is 1. The summed E-state index contributed by atoms with van der Waals surface area (Å²) in [7, 11) is 0. The van der Waals surface area contributed by atoms with E-state index in [1.807, 2.05) is 11.5 Å². The van der Waals surface area contributed by atoms with Crippen LogP contribution in [0.15, 0.2) is 18.2 Å². The van der Waals surface area contributed by atoms with Gasteiger partial charge in [-0.15, -0.1) is 11.8 Å². The number of nitrogens with two attached hydrogens (primary N) is 1. The Balaban J connectivity index is 1.67. The number of carbonyl (C=O) groups excluding carboxylic acids is 2. The van der Waals surface area contributed by atoms with Crippen molar-refractivity contribution in [2.45, 2.75) is 52.5 Å². The Morgan fingerprint density at radius 1 is 1.31 bits per heavy atom. The molecule has 35 heavy (non-hydrogen) atoms. The van der Waals surface area contributed by atoms with Crippen molar-refractivity contribution in [3.05, 3.63) is 35.1 Å². The van der Waals surface area contributed by atoms with Crippen molar-refractivity contribution in [3.8, 4) is 0 Å². The largest absolute Gasteiger partial charge is 0.481 e. The first-order valence-corrected chi connectivity index (χ1v) is 13.3. The number of amidine groups is 1. The quantitative estimate of drug-likeness (QED) is 0.368. The van der Waals surface area contributed by atoms with Crippen LogP contribution < -0.4 is 11.1 Å². The number of nitrogens with one attached hydrogen (secondary N) is 1. The van der Waals surface area contributed by atoms with Crippen LogP contribution in [0.1, 0.15) is 62.4 Å². The van der Waals surface area contributed by atoms with Gasteiger partial charge in [0.25, 0.3) is 11.7 Å². The molecule has 8 nitrogen and oxygen atoms in total. The molecule has 192 valence electrons. The molecule has 2 aliphatic rings. The van der Waals surface area contributed by atoms with E-state index in [0.29, 0.717) is 43.8 Å². The summed E-state index contributed by atoms with van der Waals surface area (Å²) in [4.78, 5) is 39.0. The van der Waals surface area contributed by atoms with Crippen molar-refractivity contribution in [3.63, 3.8) is 0 Å². The van der Waals surface area contributed by atoms with Gasteiger partial charge in [-0.3, -0.25) is 24.7 Å². The molecule has 2 aliphatic heterocycles. The van der Waals surface area contributed by atoms with Gasteiger partial charge in [-0.05, 0) is 57.2 Å². The predicted molar refractivity (Wildman–Crippen MR) is 134 cm³/mol. The lowest BCUT2D eigenvalue weighted by Crippen LogP contribution is -2.54. The van der Waals surface area contributed by atoms with Crippen LogP contribution in [-0.2, 0) is 9.59 Å². The molecule has 0 saturated carbocycles. The fraction of sp³-hybridized carbons (Fsp3) is 0.600.